The van der Waals surface area contributed by atoms with Gasteiger partial charge in [0.2, 0.25) is 5.91 Å². The number of anilines is 2. The van der Waals surface area contributed by atoms with E-state index in [9.17, 15) is 9.90 Å². The molecule has 0 aliphatic heterocycles. The Morgan fingerprint density at radius 2 is 1.79 bits per heavy atom. The maximum Gasteiger partial charge on any atom is 0.221 e. The molecule has 206 valence electrons. The molecular weight excluding hydrogens is 480 g/mol. The molecule has 8 nitrogen and oxygen atoms in total. The van der Waals surface area contributed by atoms with Gasteiger partial charge in [0.1, 0.15) is 0 Å². The third-order valence-corrected chi connectivity index (χ3v) is 6.42. The number of nitrogens with one attached hydrogen (secondary N) is 2. The van der Waals surface area contributed by atoms with E-state index < -0.39 is 5.91 Å². The number of hydrogen-bond donors (Lipinski definition) is 4. The fourth-order valence-corrected chi connectivity index (χ4v) is 4.76. The highest BCUT2D eigenvalue weighted by Gasteiger charge is 2.18. The minimum absolute atomic E-state index is 0.0409. The molecule has 8 heteroatoms. The van der Waals surface area contributed by atoms with Crippen molar-refractivity contribution in [1.29, 1.82) is 0 Å². The maximum atomic E-state index is 11.9. The molecule has 1 unspecified atom stereocenters. The van der Waals surface area contributed by atoms with Gasteiger partial charge in [-0.3, -0.25) is 9.78 Å². The van der Waals surface area contributed by atoms with Crippen molar-refractivity contribution in [3.63, 3.8) is 0 Å². The van der Waals surface area contributed by atoms with Gasteiger partial charge >= 0.3 is 0 Å². The van der Waals surface area contributed by atoms with E-state index in [1.54, 1.807) is 6.20 Å². The Balaban J connectivity index is 2.07. The first-order chi connectivity index (χ1) is 18.3. The first kappa shape index (κ1) is 29.2. The highest BCUT2D eigenvalue weighted by Crippen LogP contribution is 2.38. The van der Waals surface area contributed by atoms with E-state index in [-0.39, 0.29) is 19.1 Å². The van der Waals surface area contributed by atoms with Gasteiger partial charge in [0.05, 0.1) is 37.4 Å². The van der Waals surface area contributed by atoms with Crippen LogP contribution in [0.2, 0.25) is 0 Å². The summed E-state index contributed by atoms with van der Waals surface area (Å²) in [4.78, 5) is 16.5. The standard InChI is InChI=1S/C30H42N4O4/c1-6-23-20(16-32-22(18-35)12-19(4)5)10-9-11-25(23)34-30-21(13-29(31)36)17-33-26-15-28(38-8-3)27(37-7-2)14-24(26)30/h9-11,14-15,17,19,22,32,35H,6-8,12-13,16,18H2,1-5H3,(H2,31,36)(H,33,34). The second-order valence-corrected chi connectivity index (χ2v) is 9.80. The molecule has 0 saturated heterocycles. The zero-order valence-electron chi connectivity index (χ0n) is 23.3. The van der Waals surface area contributed by atoms with Crippen LogP contribution in [0.5, 0.6) is 11.5 Å². The molecule has 0 aliphatic rings. The van der Waals surface area contributed by atoms with Crippen LogP contribution in [0.3, 0.4) is 0 Å². The molecule has 5 N–H and O–H groups in total. The number of aliphatic hydroxyl groups is 1. The lowest BCUT2D eigenvalue weighted by Gasteiger charge is -2.22. The molecular formula is C30H42N4O4. The Morgan fingerprint density at radius 3 is 2.39 bits per heavy atom. The number of benzene rings is 2. The highest BCUT2D eigenvalue weighted by molar-refractivity contribution is 5.98. The number of carbonyl (C=O) groups is 1. The molecule has 0 spiro atoms. The van der Waals surface area contributed by atoms with Crippen LogP contribution in [0.25, 0.3) is 10.9 Å². The van der Waals surface area contributed by atoms with E-state index >= 15 is 0 Å². The molecule has 1 heterocycles. The number of carbonyl (C=O) groups excluding carboxylic acids is 1. The Bertz CT molecular complexity index is 1230. The zero-order valence-corrected chi connectivity index (χ0v) is 23.3. The fraction of sp³-hybridized carbons (Fsp3) is 0.467. The molecule has 1 aromatic heterocycles. The van der Waals surface area contributed by atoms with Crippen LogP contribution in [-0.2, 0) is 24.2 Å². The molecule has 0 fully saturated rings. The van der Waals surface area contributed by atoms with E-state index in [1.807, 2.05) is 38.1 Å². The van der Waals surface area contributed by atoms with Crippen molar-refractivity contribution in [3.05, 3.63) is 53.2 Å². The SMILES string of the molecule is CCOc1cc2ncc(CC(N)=O)c(Nc3cccc(CNC(CO)CC(C)C)c3CC)c2cc1OCC. The van der Waals surface area contributed by atoms with Crippen LogP contribution in [0.15, 0.2) is 36.5 Å². The zero-order chi connectivity index (χ0) is 27.7. The summed E-state index contributed by atoms with van der Waals surface area (Å²) in [5, 5.41) is 17.8. The fourth-order valence-electron chi connectivity index (χ4n) is 4.76. The summed E-state index contributed by atoms with van der Waals surface area (Å²) in [6.07, 6.45) is 3.46. The van der Waals surface area contributed by atoms with Crippen LogP contribution in [0.1, 0.15) is 57.7 Å². The summed E-state index contributed by atoms with van der Waals surface area (Å²) in [5.41, 5.74) is 11.1. The number of aliphatic hydroxyl groups excluding tert-OH is 1. The topological polar surface area (TPSA) is 119 Å². The summed E-state index contributed by atoms with van der Waals surface area (Å²) in [7, 11) is 0. The molecule has 38 heavy (non-hydrogen) atoms. The lowest BCUT2D eigenvalue weighted by Crippen LogP contribution is -2.33. The Morgan fingerprint density at radius 1 is 1.08 bits per heavy atom. The third-order valence-electron chi connectivity index (χ3n) is 6.42. The van der Waals surface area contributed by atoms with Gasteiger partial charge in [0.25, 0.3) is 0 Å². The van der Waals surface area contributed by atoms with Crippen molar-refractivity contribution in [1.82, 2.24) is 10.3 Å². The molecule has 1 amide bonds. The van der Waals surface area contributed by atoms with Crippen molar-refractivity contribution < 1.29 is 19.4 Å². The molecule has 2 aromatic carbocycles. The van der Waals surface area contributed by atoms with Gasteiger partial charge in [-0.05, 0) is 55.9 Å². The second kappa shape index (κ2) is 14.0. The molecule has 3 rings (SSSR count). The number of primary amides is 1. The summed E-state index contributed by atoms with van der Waals surface area (Å²) >= 11 is 0. The van der Waals surface area contributed by atoms with Crippen LogP contribution in [0.4, 0.5) is 11.4 Å². The van der Waals surface area contributed by atoms with Gasteiger partial charge in [-0.15, -0.1) is 0 Å². The first-order valence-electron chi connectivity index (χ1n) is 13.5. The normalized spacial score (nSPS) is 12.1. The van der Waals surface area contributed by atoms with Crippen molar-refractivity contribution in [2.45, 2.75) is 66.5 Å². The number of aromatic nitrogens is 1. The monoisotopic (exact) mass is 522 g/mol. The number of rotatable bonds is 15. The lowest BCUT2D eigenvalue weighted by atomic mass is 9.99. The van der Waals surface area contributed by atoms with Gasteiger partial charge in [-0.2, -0.15) is 0 Å². The third kappa shape index (κ3) is 7.36. The van der Waals surface area contributed by atoms with E-state index in [2.05, 4.69) is 42.5 Å². The van der Waals surface area contributed by atoms with Crippen LogP contribution in [-0.4, -0.2) is 41.9 Å². The number of fused-ring (bicyclic) bond motifs is 1. The Labute approximate surface area is 225 Å². The molecule has 0 saturated carbocycles. The first-order valence-corrected chi connectivity index (χ1v) is 13.5. The average molecular weight is 523 g/mol. The molecule has 0 aliphatic carbocycles. The number of pyridine rings is 1. The van der Waals surface area contributed by atoms with Gasteiger partial charge in [0.15, 0.2) is 11.5 Å². The van der Waals surface area contributed by atoms with E-state index in [4.69, 9.17) is 15.2 Å². The van der Waals surface area contributed by atoms with E-state index in [0.717, 1.165) is 46.2 Å². The lowest BCUT2D eigenvalue weighted by molar-refractivity contribution is -0.117. The van der Waals surface area contributed by atoms with Gasteiger partial charge in [0, 0.05) is 41.5 Å². The number of hydrogen-bond acceptors (Lipinski definition) is 7. The Kier molecular flexibility index (Phi) is 10.7. The molecule has 3 aromatic rings. The molecule has 0 bridgehead atoms. The minimum atomic E-state index is -0.431. The van der Waals surface area contributed by atoms with Crippen molar-refractivity contribution in [2.24, 2.45) is 11.7 Å². The second-order valence-electron chi connectivity index (χ2n) is 9.80. The van der Waals surface area contributed by atoms with E-state index in [0.29, 0.717) is 42.7 Å². The van der Waals surface area contributed by atoms with Crippen molar-refractivity contribution in [2.75, 3.05) is 25.1 Å². The summed E-state index contributed by atoms with van der Waals surface area (Å²) < 4.78 is 11.7. The van der Waals surface area contributed by atoms with Crippen molar-refractivity contribution in [3.8, 4) is 11.5 Å². The van der Waals surface area contributed by atoms with Crippen molar-refractivity contribution >= 4 is 28.2 Å². The van der Waals surface area contributed by atoms with Gasteiger partial charge < -0.3 is 30.9 Å². The number of nitrogens with two attached hydrogens (primary N) is 1. The Hall–Kier alpha value is -3.36. The van der Waals surface area contributed by atoms with E-state index in [1.165, 1.54) is 0 Å². The highest BCUT2D eigenvalue weighted by atomic mass is 16.5. The summed E-state index contributed by atoms with van der Waals surface area (Å²) in [6.45, 7) is 12.0. The molecule has 0 radical (unpaired) electrons. The average Bonchev–Trinajstić information content (AvgIpc) is 2.88. The maximum absolute atomic E-state index is 11.9. The quantitative estimate of drug-likeness (QED) is 0.225. The number of amides is 1. The predicted molar refractivity (Wildman–Crippen MR) is 153 cm³/mol. The van der Waals surface area contributed by atoms with Crippen LogP contribution in [0, 0.1) is 5.92 Å². The van der Waals surface area contributed by atoms with Crippen LogP contribution < -0.4 is 25.8 Å². The number of nitrogens with zero attached hydrogens (tertiary/aromatic N) is 1. The molecule has 1 atom stereocenters. The largest absolute Gasteiger partial charge is 0.490 e. The summed E-state index contributed by atoms with van der Waals surface area (Å²) in [5.74, 6) is 1.31. The van der Waals surface area contributed by atoms with Crippen LogP contribution >= 0.6 is 0 Å². The smallest absolute Gasteiger partial charge is 0.221 e. The van der Waals surface area contributed by atoms with Gasteiger partial charge in [-0.25, -0.2) is 0 Å². The predicted octanol–water partition coefficient (Wildman–Crippen LogP) is 4.86. The van der Waals surface area contributed by atoms with Gasteiger partial charge in [-0.1, -0.05) is 32.9 Å². The minimum Gasteiger partial charge on any atom is -0.490 e. The summed E-state index contributed by atoms with van der Waals surface area (Å²) in [6, 6.07) is 9.99. The number of ether oxygens (including phenoxy) is 2.